The van der Waals surface area contributed by atoms with Crippen LogP contribution in [0.1, 0.15) is 29.9 Å². The van der Waals surface area contributed by atoms with Crippen LogP contribution in [-0.4, -0.2) is 5.78 Å². The molecule has 88 valence electrons. The summed E-state index contributed by atoms with van der Waals surface area (Å²) in [4.78, 5) is 11.8. The Bertz CT molecular complexity index is 681. The van der Waals surface area contributed by atoms with Crippen LogP contribution in [-0.2, 0) is 4.79 Å². The lowest BCUT2D eigenvalue weighted by Gasteiger charge is -2.23. The van der Waals surface area contributed by atoms with Crippen LogP contribution in [0.25, 0.3) is 16.8 Å². The molecule has 2 atom stereocenters. The van der Waals surface area contributed by atoms with Gasteiger partial charge in [0.05, 0.1) is 0 Å². The molecule has 1 heteroatoms. The summed E-state index contributed by atoms with van der Waals surface area (Å²) in [6.45, 7) is 0. The SMILES string of the molecule is O=C1CC[C@H]2c3ccc4ccccc4c3C=C[C@H]12. The standard InChI is InChI=1S/C17H14O/c18-17-10-9-15-14-6-5-11-3-1-2-4-12(11)13(14)7-8-16(15)17/h1-8,15-16H,9-10H2/t15-,16-/m0/s1. The topological polar surface area (TPSA) is 17.1 Å². The maximum Gasteiger partial charge on any atom is 0.140 e. The Hall–Kier alpha value is -1.89. The van der Waals surface area contributed by atoms with Gasteiger partial charge in [-0.15, -0.1) is 0 Å². The third kappa shape index (κ3) is 1.25. The molecule has 1 fully saturated rings. The van der Waals surface area contributed by atoms with Gasteiger partial charge in [0.2, 0.25) is 0 Å². The maximum absolute atomic E-state index is 11.8. The molecule has 18 heavy (non-hydrogen) atoms. The van der Waals surface area contributed by atoms with Crippen molar-refractivity contribution >= 4 is 22.6 Å². The number of carbonyl (C=O) groups is 1. The molecule has 0 amide bonds. The van der Waals surface area contributed by atoms with Crippen molar-refractivity contribution in [3.8, 4) is 0 Å². The Morgan fingerprint density at radius 3 is 2.89 bits per heavy atom. The second kappa shape index (κ2) is 3.55. The third-order valence-corrected chi connectivity index (χ3v) is 4.38. The number of hydrogen-bond donors (Lipinski definition) is 0. The molecule has 2 aliphatic carbocycles. The van der Waals surface area contributed by atoms with E-state index in [0.29, 0.717) is 11.7 Å². The van der Waals surface area contributed by atoms with Crippen molar-refractivity contribution in [1.82, 2.24) is 0 Å². The molecule has 2 aromatic rings. The number of rotatable bonds is 0. The van der Waals surface area contributed by atoms with Gasteiger partial charge in [-0.1, -0.05) is 48.6 Å². The Kier molecular flexibility index (Phi) is 1.99. The first-order valence-corrected chi connectivity index (χ1v) is 6.57. The second-order valence-corrected chi connectivity index (χ2v) is 5.29. The van der Waals surface area contributed by atoms with Crippen molar-refractivity contribution in [3.63, 3.8) is 0 Å². The minimum atomic E-state index is 0.138. The van der Waals surface area contributed by atoms with E-state index < -0.39 is 0 Å². The lowest BCUT2D eigenvalue weighted by Crippen LogP contribution is -2.14. The van der Waals surface area contributed by atoms with Gasteiger partial charge in [-0.2, -0.15) is 0 Å². The van der Waals surface area contributed by atoms with Crippen LogP contribution in [0.15, 0.2) is 42.5 Å². The van der Waals surface area contributed by atoms with Gasteiger partial charge in [-0.3, -0.25) is 4.79 Å². The molecule has 2 aliphatic rings. The van der Waals surface area contributed by atoms with Crippen LogP contribution in [0.2, 0.25) is 0 Å². The summed E-state index contributed by atoms with van der Waals surface area (Å²) in [5.41, 5.74) is 2.69. The number of hydrogen-bond acceptors (Lipinski definition) is 1. The van der Waals surface area contributed by atoms with Crippen LogP contribution in [0.3, 0.4) is 0 Å². The molecule has 0 aromatic heterocycles. The van der Waals surface area contributed by atoms with E-state index in [0.717, 1.165) is 12.8 Å². The number of fused-ring (bicyclic) bond motifs is 5. The molecule has 0 N–H and O–H groups in total. The summed E-state index contributed by atoms with van der Waals surface area (Å²) < 4.78 is 0. The number of ketones is 1. The Morgan fingerprint density at radius 1 is 1.06 bits per heavy atom. The Labute approximate surface area is 106 Å². The summed E-state index contributed by atoms with van der Waals surface area (Å²) in [5.74, 6) is 0.968. The van der Waals surface area contributed by atoms with Crippen LogP contribution in [0.5, 0.6) is 0 Å². The van der Waals surface area contributed by atoms with Gasteiger partial charge in [0.15, 0.2) is 0 Å². The average Bonchev–Trinajstić information content (AvgIpc) is 2.80. The van der Waals surface area contributed by atoms with Crippen molar-refractivity contribution < 1.29 is 4.79 Å². The molecule has 0 spiro atoms. The van der Waals surface area contributed by atoms with Crippen LogP contribution < -0.4 is 0 Å². The first-order valence-electron chi connectivity index (χ1n) is 6.57. The molecular weight excluding hydrogens is 220 g/mol. The van der Waals surface area contributed by atoms with Crippen molar-refractivity contribution in [3.05, 3.63) is 53.6 Å². The van der Waals surface area contributed by atoms with Crippen molar-refractivity contribution in [1.29, 1.82) is 0 Å². The first kappa shape index (κ1) is 10.1. The Morgan fingerprint density at radius 2 is 1.94 bits per heavy atom. The van der Waals surface area contributed by atoms with E-state index in [-0.39, 0.29) is 5.92 Å². The van der Waals surface area contributed by atoms with E-state index in [2.05, 4.69) is 48.6 Å². The number of Topliss-reactive ketones (excluding diaryl/α,β-unsaturated/α-hetero) is 1. The molecular formula is C17H14O. The minimum absolute atomic E-state index is 0.138. The van der Waals surface area contributed by atoms with Crippen molar-refractivity contribution in [2.45, 2.75) is 18.8 Å². The second-order valence-electron chi connectivity index (χ2n) is 5.29. The molecule has 1 saturated carbocycles. The Balaban J connectivity index is 2.00. The van der Waals surface area contributed by atoms with Gasteiger partial charge in [0.25, 0.3) is 0 Å². The zero-order valence-corrected chi connectivity index (χ0v) is 10.1. The van der Waals surface area contributed by atoms with Crippen molar-refractivity contribution in [2.75, 3.05) is 0 Å². The smallest absolute Gasteiger partial charge is 0.140 e. The zero-order valence-electron chi connectivity index (χ0n) is 10.1. The van der Waals surface area contributed by atoms with E-state index in [1.54, 1.807) is 0 Å². The summed E-state index contributed by atoms with van der Waals surface area (Å²) in [5, 5.41) is 2.59. The molecule has 0 aliphatic heterocycles. The highest BCUT2D eigenvalue weighted by molar-refractivity contribution is 5.96. The van der Waals surface area contributed by atoms with E-state index in [9.17, 15) is 4.79 Å². The highest BCUT2D eigenvalue weighted by Gasteiger charge is 2.36. The van der Waals surface area contributed by atoms with E-state index in [1.165, 1.54) is 21.9 Å². The normalized spacial score (nSPS) is 25.2. The lowest BCUT2D eigenvalue weighted by molar-refractivity contribution is -0.119. The molecule has 2 aromatic carbocycles. The summed E-state index contributed by atoms with van der Waals surface area (Å²) in [7, 11) is 0. The highest BCUT2D eigenvalue weighted by atomic mass is 16.1. The fraction of sp³-hybridized carbons (Fsp3) is 0.235. The van der Waals surface area contributed by atoms with Gasteiger partial charge >= 0.3 is 0 Å². The first-order chi connectivity index (χ1) is 8.84. The predicted molar refractivity (Wildman–Crippen MR) is 73.5 cm³/mol. The molecule has 0 heterocycles. The van der Waals surface area contributed by atoms with Gasteiger partial charge in [-0.05, 0) is 34.2 Å². The average molecular weight is 234 g/mol. The quantitative estimate of drug-likeness (QED) is 0.675. The minimum Gasteiger partial charge on any atom is -0.299 e. The number of benzene rings is 2. The number of allylic oxidation sites excluding steroid dienone is 1. The highest BCUT2D eigenvalue weighted by Crippen LogP contribution is 2.44. The largest absolute Gasteiger partial charge is 0.299 e. The maximum atomic E-state index is 11.8. The van der Waals surface area contributed by atoms with Crippen LogP contribution in [0, 0.1) is 5.92 Å². The summed E-state index contributed by atoms with van der Waals surface area (Å²) in [6.07, 6.45) is 6.03. The fourth-order valence-corrected chi connectivity index (χ4v) is 3.48. The third-order valence-electron chi connectivity index (χ3n) is 4.38. The molecule has 0 bridgehead atoms. The van der Waals surface area contributed by atoms with E-state index in [4.69, 9.17) is 0 Å². The lowest BCUT2D eigenvalue weighted by atomic mass is 9.79. The molecule has 0 radical (unpaired) electrons. The summed E-state index contributed by atoms with van der Waals surface area (Å²) in [6, 6.07) is 12.9. The van der Waals surface area contributed by atoms with Crippen LogP contribution >= 0.6 is 0 Å². The fourth-order valence-electron chi connectivity index (χ4n) is 3.48. The molecule has 1 nitrogen and oxygen atoms in total. The van der Waals surface area contributed by atoms with Gasteiger partial charge < -0.3 is 0 Å². The molecule has 0 unspecified atom stereocenters. The zero-order chi connectivity index (χ0) is 12.1. The number of carbonyl (C=O) groups excluding carboxylic acids is 1. The van der Waals surface area contributed by atoms with Crippen LogP contribution in [0.4, 0.5) is 0 Å². The van der Waals surface area contributed by atoms with E-state index in [1.807, 2.05) is 0 Å². The van der Waals surface area contributed by atoms with Gasteiger partial charge in [0.1, 0.15) is 5.78 Å². The van der Waals surface area contributed by atoms with Gasteiger partial charge in [-0.25, -0.2) is 0 Å². The molecule has 0 saturated heterocycles. The van der Waals surface area contributed by atoms with E-state index >= 15 is 0 Å². The van der Waals surface area contributed by atoms with Crippen molar-refractivity contribution in [2.24, 2.45) is 5.92 Å². The monoisotopic (exact) mass is 234 g/mol. The predicted octanol–water partition coefficient (Wildman–Crippen LogP) is 3.93. The molecule has 4 rings (SSSR count). The summed E-state index contributed by atoms with van der Waals surface area (Å²) >= 11 is 0. The van der Waals surface area contributed by atoms with Gasteiger partial charge in [0, 0.05) is 12.3 Å².